The van der Waals surface area contributed by atoms with Gasteiger partial charge in [-0.3, -0.25) is 4.79 Å². The Morgan fingerprint density at radius 3 is 2.77 bits per heavy atom. The molecule has 4 aliphatic rings. The van der Waals surface area contributed by atoms with Gasteiger partial charge in [0.1, 0.15) is 0 Å². The predicted octanol–water partition coefficient (Wildman–Crippen LogP) is 3.33. The first-order chi connectivity index (χ1) is 17.1. The molecule has 2 atom stereocenters. The molecule has 0 spiro atoms. The fraction of sp³-hybridized carbons (Fsp3) is 0.393. The number of rotatable bonds is 6. The third-order valence-electron chi connectivity index (χ3n) is 7.90. The van der Waals surface area contributed by atoms with E-state index in [1.165, 1.54) is 16.7 Å². The first kappa shape index (κ1) is 22.2. The normalized spacial score (nSPS) is 24.8. The Hall–Kier alpha value is -3.29. The maximum absolute atomic E-state index is 13.1. The number of carbonyl (C=O) groups excluding carboxylic acids is 1. The van der Waals surface area contributed by atoms with Crippen molar-refractivity contribution in [3.8, 4) is 11.3 Å². The van der Waals surface area contributed by atoms with E-state index in [-0.39, 0.29) is 23.5 Å². The summed E-state index contributed by atoms with van der Waals surface area (Å²) in [6.07, 6.45) is 6.18. The van der Waals surface area contributed by atoms with E-state index in [0.29, 0.717) is 17.7 Å². The molecule has 2 bridgehead atoms. The Bertz CT molecular complexity index is 1240. The van der Waals surface area contributed by atoms with Gasteiger partial charge in [-0.1, -0.05) is 42.5 Å². The van der Waals surface area contributed by atoms with Crippen LogP contribution >= 0.6 is 0 Å². The van der Waals surface area contributed by atoms with Crippen LogP contribution in [0.3, 0.4) is 0 Å². The maximum Gasteiger partial charge on any atom is 0.274 e. The molecule has 0 unspecified atom stereocenters. The van der Waals surface area contributed by atoms with E-state index < -0.39 is 0 Å². The molecular weight excluding hydrogens is 436 g/mol. The Morgan fingerprint density at radius 2 is 1.94 bits per heavy atom. The largest absolute Gasteiger partial charge is 0.382 e. The predicted molar refractivity (Wildman–Crippen MR) is 137 cm³/mol. The average molecular weight is 469 g/mol. The SMILES string of the molecule is Nc1ncc(-c2cccc(CN[C@H]3CCc4ccccc43)c2)nc1C(=O)N[C@H]1CN2CCC1CC2. The summed E-state index contributed by atoms with van der Waals surface area (Å²) in [7, 11) is 0. The van der Waals surface area contributed by atoms with Gasteiger partial charge in [-0.05, 0) is 67.4 Å². The van der Waals surface area contributed by atoms with Gasteiger partial charge in [0.2, 0.25) is 0 Å². The van der Waals surface area contributed by atoms with Crippen LogP contribution in [-0.2, 0) is 13.0 Å². The number of nitrogen functional groups attached to an aromatic ring is 1. The molecule has 7 rings (SSSR count). The van der Waals surface area contributed by atoms with Crippen molar-refractivity contribution in [1.82, 2.24) is 25.5 Å². The molecule has 3 aromatic rings. The van der Waals surface area contributed by atoms with Crippen molar-refractivity contribution in [2.75, 3.05) is 25.4 Å². The number of nitrogens with two attached hydrogens (primary N) is 1. The van der Waals surface area contributed by atoms with Crippen LogP contribution in [0.25, 0.3) is 11.3 Å². The molecule has 4 heterocycles. The summed E-state index contributed by atoms with van der Waals surface area (Å²) >= 11 is 0. The van der Waals surface area contributed by atoms with Gasteiger partial charge in [-0.25, -0.2) is 9.97 Å². The number of anilines is 1. The molecule has 1 aliphatic carbocycles. The number of nitrogens with one attached hydrogen (secondary N) is 2. The van der Waals surface area contributed by atoms with Gasteiger partial charge in [0.15, 0.2) is 11.5 Å². The monoisotopic (exact) mass is 468 g/mol. The van der Waals surface area contributed by atoms with Gasteiger partial charge in [-0.2, -0.15) is 0 Å². The molecule has 1 aromatic heterocycles. The number of carbonyl (C=O) groups is 1. The van der Waals surface area contributed by atoms with Crippen molar-refractivity contribution < 1.29 is 4.79 Å². The van der Waals surface area contributed by atoms with Crippen molar-refractivity contribution in [3.05, 3.63) is 77.1 Å². The maximum atomic E-state index is 13.1. The third-order valence-corrected chi connectivity index (χ3v) is 7.90. The number of amides is 1. The molecule has 3 fully saturated rings. The van der Waals surface area contributed by atoms with Gasteiger partial charge >= 0.3 is 0 Å². The summed E-state index contributed by atoms with van der Waals surface area (Å²) < 4.78 is 0. The van der Waals surface area contributed by atoms with E-state index >= 15 is 0 Å². The van der Waals surface area contributed by atoms with Crippen LogP contribution in [0.5, 0.6) is 0 Å². The van der Waals surface area contributed by atoms with Crippen LogP contribution in [-0.4, -0.2) is 46.5 Å². The zero-order chi connectivity index (χ0) is 23.8. The lowest BCUT2D eigenvalue weighted by atomic mass is 9.84. The van der Waals surface area contributed by atoms with Crippen LogP contribution in [0.4, 0.5) is 5.82 Å². The number of hydrogen-bond donors (Lipinski definition) is 3. The average Bonchev–Trinajstić information content (AvgIpc) is 3.32. The second-order valence-electron chi connectivity index (χ2n) is 10.1. The van der Waals surface area contributed by atoms with Crippen molar-refractivity contribution in [2.24, 2.45) is 5.92 Å². The second-order valence-corrected chi connectivity index (χ2v) is 10.1. The number of aryl methyl sites for hydroxylation is 1. The van der Waals surface area contributed by atoms with Gasteiger partial charge in [0.05, 0.1) is 11.9 Å². The minimum absolute atomic E-state index is 0.157. The Kier molecular flexibility index (Phi) is 5.96. The fourth-order valence-corrected chi connectivity index (χ4v) is 5.92. The molecule has 3 saturated heterocycles. The minimum atomic E-state index is -0.228. The highest BCUT2D eigenvalue weighted by Gasteiger charge is 2.35. The van der Waals surface area contributed by atoms with Crippen molar-refractivity contribution in [2.45, 2.75) is 44.3 Å². The van der Waals surface area contributed by atoms with Crippen molar-refractivity contribution >= 4 is 11.7 Å². The molecule has 0 saturated carbocycles. The van der Waals surface area contributed by atoms with Gasteiger partial charge in [0, 0.05) is 30.7 Å². The molecule has 3 aliphatic heterocycles. The highest BCUT2D eigenvalue weighted by molar-refractivity contribution is 5.97. The zero-order valence-electron chi connectivity index (χ0n) is 19.9. The van der Waals surface area contributed by atoms with Gasteiger partial charge in [0.25, 0.3) is 5.91 Å². The highest BCUT2D eigenvalue weighted by atomic mass is 16.2. The Balaban J connectivity index is 1.16. The van der Waals surface area contributed by atoms with E-state index in [4.69, 9.17) is 5.73 Å². The molecule has 4 N–H and O–H groups in total. The van der Waals surface area contributed by atoms with Crippen LogP contribution in [0.2, 0.25) is 0 Å². The second kappa shape index (κ2) is 9.40. The first-order valence-corrected chi connectivity index (χ1v) is 12.7. The topological polar surface area (TPSA) is 96.2 Å². The smallest absolute Gasteiger partial charge is 0.274 e. The summed E-state index contributed by atoms with van der Waals surface area (Å²) in [4.78, 5) is 24.5. The summed E-state index contributed by atoms with van der Waals surface area (Å²) in [5.74, 6) is 0.482. The molecule has 2 aromatic carbocycles. The lowest BCUT2D eigenvalue weighted by Crippen LogP contribution is -2.57. The summed E-state index contributed by atoms with van der Waals surface area (Å²) in [5, 5.41) is 6.89. The molecule has 180 valence electrons. The summed E-state index contributed by atoms with van der Waals surface area (Å²) in [5.41, 5.74) is 11.9. The number of nitrogens with zero attached hydrogens (tertiary/aromatic N) is 3. The fourth-order valence-electron chi connectivity index (χ4n) is 5.92. The number of aromatic nitrogens is 2. The Morgan fingerprint density at radius 1 is 1.09 bits per heavy atom. The van der Waals surface area contributed by atoms with Crippen LogP contribution in [0.1, 0.15) is 52.5 Å². The van der Waals surface area contributed by atoms with Crippen molar-refractivity contribution in [3.63, 3.8) is 0 Å². The number of hydrogen-bond acceptors (Lipinski definition) is 6. The van der Waals surface area contributed by atoms with E-state index in [0.717, 1.165) is 57.4 Å². The molecule has 1 amide bonds. The molecule has 7 nitrogen and oxygen atoms in total. The summed E-state index contributed by atoms with van der Waals surface area (Å²) in [6.45, 7) is 3.94. The number of piperidine rings is 3. The van der Waals surface area contributed by atoms with Crippen LogP contribution < -0.4 is 16.4 Å². The van der Waals surface area contributed by atoms with Crippen molar-refractivity contribution in [1.29, 1.82) is 0 Å². The molecule has 7 heteroatoms. The van der Waals surface area contributed by atoms with E-state index in [1.54, 1.807) is 6.20 Å². The number of benzene rings is 2. The number of fused-ring (bicyclic) bond motifs is 4. The van der Waals surface area contributed by atoms with E-state index in [1.807, 2.05) is 12.1 Å². The third kappa shape index (κ3) is 4.54. The van der Waals surface area contributed by atoms with Gasteiger partial charge in [-0.15, -0.1) is 0 Å². The van der Waals surface area contributed by atoms with E-state index in [9.17, 15) is 4.79 Å². The highest BCUT2D eigenvalue weighted by Crippen LogP contribution is 2.31. The van der Waals surface area contributed by atoms with Gasteiger partial charge < -0.3 is 21.3 Å². The van der Waals surface area contributed by atoms with Crippen LogP contribution in [0.15, 0.2) is 54.7 Å². The quantitative estimate of drug-likeness (QED) is 0.514. The first-order valence-electron chi connectivity index (χ1n) is 12.7. The molecule has 0 radical (unpaired) electrons. The summed E-state index contributed by atoms with van der Waals surface area (Å²) in [6, 6.07) is 17.5. The Labute approximate surface area is 206 Å². The van der Waals surface area contributed by atoms with E-state index in [2.05, 4.69) is 61.9 Å². The van der Waals surface area contributed by atoms with Crippen LogP contribution in [0, 0.1) is 5.92 Å². The molecule has 35 heavy (non-hydrogen) atoms. The lowest BCUT2D eigenvalue weighted by Gasteiger charge is -2.44. The lowest BCUT2D eigenvalue weighted by molar-refractivity contribution is 0.0618. The minimum Gasteiger partial charge on any atom is -0.382 e. The zero-order valence-corrected chi connectivity index (χ0v) is 19.9. The standard InChI is InChI=1S/C28H32N6O/c29-27-26(28(35)33-25-17-34-12-10-20(25)11-13-34)32-24(16-31-27)21-6-3-4-18(14-21)15-30-23-9-8-19-5-1-2-7-22(19)23/h1-7,14,16,20,23,25,30H,8-13,15,17H2,(H2,29,31)(H,33,35)/t23-,25-/m0/s1. The molecular formula is C28H32N6O.